The molecule has 0 radical (unpaired) electrons. The Kier molecular flexibility index (Phi) is 3.62. The Morgan fingerprint density at radius 2 is 1.83 bits per heavy atom. The van der Waals surface area contributed by atoms with Gasteiger partial charge in [-0.25, -0.2) is 13.2 Å². The molecule has 0 aliphatic heterocycles. The maximum atomic E-state index is 13.4. The Balaban J connectivity index is 2.37. The first-order chi connectivity index (χ1) is 8.59. The fraction of sp³-hybridized carbons (Fsp3) is 0.154. The zero-order valence-corrected chi connectivity index (χ0v) is 9.22. The van der Waals surface area contributed by atoms with Crippen LogP contribution in [0, 0.1) is 5.82 Å². The number of hydrogen-bond donors (Lipinski definition) is 1. The second-order valence-corrected chi connectivity index (χ2v) is 3.77. The summed E-state index contributed by atoms with van der Waals surface area (Å²) in [5.74, 6) is -0.674. The van der Waals surface area contributed by atoms with Crippen LogP contribution in [0.3, 0.4) is 0 Å². The molecule has 18 heavy (non-hydrogen) atoms. The van der Waals surface area contributed by atoms with Gasteiger partial charge in [0.2, 0.25) is 0 Å². The van der Waals surface area contributed by atoms with Gasteiger partial charge in [0.25, 0.3) is 6.43 Å². The van der Waals surface area contributed by atoms with Gasteiger partial charge in [-0.05, 0) is 17.7 Å². The third-order valence-corrected chi connectivity index (χ3v) is 2.58. The largest absolute Gasteiger partial charge is 0.384 e. The normalized spacial score (nSPS) is 12.7. The Bertz CT molecular complexity index is 545. The number of nitrogens with zero attached hydrogens (tertiary/aromatic N) is 1. The second-order valence-electron chi connectivity index (χ2n) is 3.77. The Morgan fingerprint density at radius 1 is 1.11 bits per heavy atom. The van der Waals surface area contributed by atoms with Crippen molar-refractivity contribution in [3.63, 3.8) is 0 Å². The quantitative estimate of drug-likeness (QED) is 0.910. The van der Waals surface area contributed by atoms with Gasteiger partial charge in [-0.15, -0.1) is 0 Å². The lowest BCUT2D eigenvalue weighted by Gasteiger charge is -2.13. The van der Waals surface area contributed by atoms with Crippen molar-refractivity contribution in [2.45, 2.75) is 12.5 Å². The van der Waals surface area contributed by atoms with Crippen LogP contribution in [-0.2, 0) is 0 Å². The molecule has 0 saturated carbocycles. The van der Waals surface area contributed by atoms with Crippen LogP contribution in [0.15, 0.2) is 42.7 Å². The topological polar surface area (TPSA) is 33.1 Å². The van der Waals surface area contributed by atoms with Gasteiger partial charge in [-0.2, -0.15) is 0 Å². The average molecular weight is 253 g/mol. The fourth-order valence-electron chi connectivity index (χ4n) is 1.65. The van der Waals surface area contributed by atoms with E-state index in [1.54, 1.807) is 0 Å². The molecule has 0 spiro atoms. The lowest BCUT2D eigenvalue weighted by Crippen LogP contribution is -2.03. The van der Waals surface area contributed by atoms with E-state index in [-0.39, 0.29) is 16.7 Å². The van der Waals surface area contributed by atoms with Crippen molar-refractivity contribution in [3.8, 4) is 0 Å². The molecule has 94 valence electrons. The Labute approximate surface area is 102 Å². The van der Waals surface area contributed by atoms with Crippen LogP contribution >= 0.6 is 0 Å². The number of alkyl halides is 2. The highest BCUT2D eigenvalue weighted by molar-refractivity contribution is 5.32. The molecule has 2 rings (SSSR count). The summed E-state index contributed by atoms with van der Waals surface area (Å²) < 4.78 is 38.5. The first-order valence-corrected chi connectivity index (χ1v) is 5.25. The van der Waals surface area contributed by atoms with Crippen molar-refractivity contribution in [1.82, 2.24) is 4.98 Å². The highest BCUT2D eigenvalue weighted by atomic mass is 19.3. The predicted octanol–water partition coefficient (Wildman–Crippen LogP) is 3.24. The molecule has 0 aliphatic rings. The fourth-order valence-corrected chi connectivity index (χ4v) is 1.65. The number of aliphatic hydroxyl groups excluding tert-OH is 1. The summed E-state index contributed by atoms with van der Waals surface area (Å²) >= 11 is 0. The van der Waals surface area contributed by atoms with E-state index in [4.69, 9.17) is 0 Å². The lowest BCUT2D eigenvalue weighted by atomic mass is 10.0. The number of aliphatic hydroxyl groups is 1. The molecular weight excluding hydrogens is 243 g/mol. The number of hydrogen-bond acceptors (Lipinski definition) is 2. The van der Waals surface area contributed by atoms with Crippen molar-refractivity contribution >= 4 is 0 Å². The molecule has 1 N–H and O–H groups in total. The average Bonchev–Trinajstić information content (AvgIpc) is 2.38. The Hall–Kier alpha value is -1.88. The molecule has 1 atom stereocenters. The molecule has 1 aromatic carbocycles. The lowest BCUT2D eigenvalue weighted by molar-refractivity contribution is 0.150. The van der Waals surface area contributed by atoms with E-state index in [2.05, 4.69) is 4.98 Å². The number of pyridine rings is 1. The minimum absolute atomic E-state index is 0.0106. The van der Waals surface area contributed by atoms with E-state index < -0.39 is 18.3 Å². The minimum Gasteiger partial charge on any atom is -0.384 e. The number of halogens is 3. The summed E-state index contributed by atoms with van der Waals surface area (Å²) in [5, 5.41) is 9.97. The van der Waals surface area contributed by atoms with Crippen molar-refractivity contribution in [3.05, 3.63) is 65.2 Å². The van der Waals surface area contributed by atoms with Crippen molar-refractivity contribution in [2.24, 2.45) is 0 Å². The molecule has 0 fully saturated rings. The molecular formula is C13H10F3NO. The summed E-state index contributed by atoms with van der Waals surface area (Å²) in [4.78, 5) is 3.56. The molecule has 1 aromatic heterocycles. The van der Waals surface area contributed by atoms with Gasteiger partial charge in [0.05, 0.1) is 6.20 Å². The van der Waals surface area contributed by atoms with E-state index in [1.807, 2.05) is 0 Å². The number of aromatic nitrogens is 1. The molecule has 1 heterocycles. The predicted molar refractivity (Wildman–Crippen MR) is 59.7 cm³/mol. The SMILES string of the molecule is OC(c1cccc(C(F)F)c1)c1ccncc1F. The van der Waals surface area contributed by atoms with Crippen LogP contribution in [-0.4, -0.2) is 10.1 Å². The van der Waals surface area contributed by atoms with E-state index in [1.165, 1.54) is 30.5 Å². The van der Waals surface area contributed by atoms with Crippen LogP contribution in [0.1, 0.15) is 29.2 Å². The second kappa shape index (κ2) is 5.18. The van der Waals surface area contributed by atoms with Gasteiger partial charge < -0.3 is 5.11 Å². The third kappa shape index (κ3) is 2.51. The molecule has 5 heteroatoms. The monoisotopic (exact) mass is 253 g/mol. The van der Waals surface area contributed by atoms with Gasteiger partial charge in [-0.3, -0.25) is 4.98 Å². The van der Waals surface area contributed by atoms with Gasteiger partial charge in [0.15, 0.2) is 0 Å². The summed E-state index contributed by atoms with van der Waals surface area (Å²) in [7, 11) is 0. The van der Waals surface area contributed by atoms with Gasteiger partial charge in [-0.1, -0.05) is 18.2 Å². The molecule has 0 amide bonds. The summed E-state index contributed by atoms with van der Waals surface area (Å²) in [5.41, 5.74) is 0.0235. The molecule has 1 unspecified atom stereocenters. The van der Waals surface area contributed by atoms with Gasteiger partial charge in [0, 0.05) is 17.3 Å². The van der Waals surface area contributed by atoms with Crippen LogP contribution < -0.4 is 0 Å². The van der Waals surface area contributed by atoms with Crippen molar-refractivity contribution in [2.75, 3.05) is 0 Å². The summed E-state index contributed by atoms with van der Waals surface area (Å²) in [6.07, 6.45) is -1.61. The Morgan fingerprint density at radius 3 is 2.50 bits per heavy atom. The maximum Gasteiger partial charge on any atom is 0.263 e. The molecule has 2 aromatic rings. The molecule has 0 aliphatic carbocycles. The maximum absolute atomic E-state index is 13.4. The highest BCUT2D eigenvalue weighted by Crippen LogP contribution is 2.27. The van der Waals surface area contributed by atoms with Gasteiger partial charge in [0.1, 0.15) is 11.9 Å². The van der Waals surface area contributed by atoms with Gasteiger partial charge >= 0.3 is 0 Å². The van der Waals surface area contributed by atoms with Crippen LogP contribution in [0.4, 0.5) is 13.2 Å². The first-order valence-electron chi connectivity index (χ1n) is 5.25. The zero-order valence-electron chi connectivity index (χ0n) is 9.22. The first kappa shape index (κ1) is 12.6. The number of benzene rings is 1. The third-order valence-electron chi connectivity index (χ3n) is 2.58. The molecule has 0 bridgehead atoms. The van der Waals surface area contributed by atoms with E-state index in [9.17, 15) is 18.3 Å². The van der Waals surface area contributed by atoms with Crippen molar-refractivity contribution < 1.29 is 18.3 Å². The van der Waals surface area contributed by atoms with E-state index >= 15 is 0 Å². The van der Waals surface area contributed by atoms with E-state index in [0.29, 0.717) is 0 Å². The van der Waals surface area contributed by atoms with Crippen LogP contribution in [0.25, 0.3) is 0 Å². The molecule has 0 saturated heterocycles. The van der Waals surface area contributed by atoms with E-state index in [0.717, 1.165) is 12.3 Å². The van der Waals surface area contributed by atoms with Crippen LogP contribution in [0.5, 0.6) is 0 Å². The molecule has 2 nitrogen and oxygen atoms in total. The smallest absolute Gasteiger partial charge is 0.263 e. The number of rotatable bonds is 3. The minimum atomic E-state index is -2.63. The summed E-state index contributed by atoms with van der Waals surface area (Å²) in [6, 6.07) is 6.60. The van der Waals surface area contributed by atoms with Crippen molar-refractivity contribution in [1.29, 1.82) is 0 Å². The van der Waals surface area contributed by atoms with Crippen LogP contribution in [0.2, 0.25) is 0 Å². The summed E-state index contributed by atoms with van der Waals surface area (Å²) in [6.45, 7) is 0. The highest BCUT2D eigenvalue weighted by Gasteiger charge is 2.16. The standard InChI is InChI=1S/C13H10F3NO/c14-11-7-17-5-4-10(11)12(18)8-2-1-3-9(6-8)13(15)16/h1-7,12-13,18H. The zero-order chi connectivity index (χ0) is 13.1.